The summed E-state index contributed by atoms with van der Waals surface area (Å²) < 4.78 is 0. The molecular weight excluding hydrogens is 256 g/mol. The van der Waals surface area contributed by atoms with Crippen molar-refractivity contribution in [3.63, 3.8) is 0 Å². The Balaban J connectivity index is 1.71. The summed E-state index contributed by atoms with van der Waals surface area (Å²) in [6.07, 6.45) is 10.7. The van der Waals surface area contributed by atoms with E-state index >= 15 is 0 Å². The second-order valence-corrected chi connectivity index (χ2v) is 7.35. The molecule has 1 aromatic rings. The molecule has 0 aliphatic heterocycles. The highest BCUT2D eigenvalue weighted by molar-refractivity contribution is 5.41. The molecule has 3 aliphatic rings. The van der Waals surface area contributed by atoms with Crippen LogP contribution in [0.3, 0.4) is 0 Å². The summed E-state index contributed by atoms with van der Waals surface area (Å²) in [6, 6.07) is 6.04. The molecule has 1 N–H and O–H groups in total. The minimum absolute atomic E-state index is 0.358. The molecule has 4 atom stereocenters. The molecule has 0 aromatic heterocycles. The SMILES string of the molecule is C=CC1=CCC2C3CCc4cc(O)ccc4C3CCC12C. The van der Waals surface area contributed by atoms with Crippen LogP contribution in [0.15, 0.2) is 42.5 Å². The van der Waals surface area contributed by atoms with Gasteiger partial charge in [0, 0.05) is 0 Å². The standard InChI is InChI=1S/C20H24O/c1-3-14-5-9-19-18-7-4-13-12-15(21)6-8-16(13)17(18)10-11-20(14,19)2/h3,5-6,8,12,17-19,21H,1,4,7,9-11H2,2H3. The Morgan fingerprint density at radius 1 is 1.33 bits per heavy atom. The van der Waals surface area contributed by atoms with Gasteiger partial charge >= 0.3 is 0 Å². The molecule has 0 saturated heterocycles. The van der Waals surface area contributed by atoms with Crippen molar-refractivity contribution >= 4 is 0 Å². The van der Waals surface area contributed by atoms with Crippen LogP contribution >= 0.6 is 0 Å². The lowest BCUT2D eigenvalue weighted by molar-refractivity contribution is 0.0774. The smallest absolute Gasteiger partial charge is 0.115 e. The van der Waals surface area contributed by atoms with Crippen molar-refractivity contribution in [1.29, 1.82) is 0 Å². The number of aryl methyl sites for hydroxylation is 1. The van der Waals surface area contributed by atoms with E-state index in [2.05, 4.69) is 31.7 Å². The monoisotopic (exact) mass is 280 g/mol. The lowest BCUT2D eigenvalue weighted by atomic mass is 9.54. The van der Waals surface area contributed by atoms with E-state index in [4.69, 9.17) is 0 Å². The quantitative estimate of drug-likeness (QED) is 0.770. The van der Waals surface area contributed by atoms with E-state index in [0.29, 0.717) is 17.1 Å². The van der Waals surface area contributed by atoms with Gasteiger partial charge in [0.25, 0.3) is 0 Å². The van der Waals surface area contributed by atoms with E-state index in [9.17, 15) is 5.11 Å². The maximum absolute atomic E-state index is 9.72. The van der Waals surface area contributed by atoms with Crippen LogP contribution in [-0.4, -0.2) is 5.11 Å². The summed E-state index contributed by atoms with van der Waals surface area (Å²) in [7, 11) is 0. The van der Waals surface area contributed by atoms with E-state index in [0.717, 1.165) is 18.3 Å². The maximum atomic E-state index is 9.72. The summed E-state index contributed by atoms with van der Waals surface area (Å²) in [5.74, 6) is 2.70. The van der Waals surface area contributed by atoms with Gasteiger partial charge in [-0.25, -0.2) is 0 Å². The van der Waals surface area contributed by atoms with Gasteiger partial charge < -0.3 is 5.11 Å². The predicted octanol–water partition coefficient (Wildman–Crippen LogP) is 4.97. The van der Waals surface area contributed by atoms with Crippen molar-refractivity contribution in [3.8, 4) is 5.75 Å². The van der Waals surface area contributed by atoms with Gasteiger partial charge in [0.05, 0.1) is 0 Å². The topological polar surface area (TPSA) is 20.2 Å². The van der Waals surface area contributed by atoms with E-state index < -0.39 is 0 Å². The van der Waals surface area contributed by atoms with Crippen LogP contribution in [0, 0.1) is 17.3 Å². The molecule has 1 saturated carbocycles. The van der Waals surface area contributed by atoms with Gasteiger partial charge in [-0.15, -0.1) is 0 Å². The van der Waals surface area contributed by atoms with Crippen LogP contribution in [0.2, 0.25) is 0 Å². The van der Waals surface area contributed by atoms with Crippen molar-refractivity contribution in [3.05, 3.63) is 53.6 Å². The molecule has 1 nitrogen and oxygen atoms in total. The van der Waals surface area contributed by atoms with Gasteiger partial charge in [0.2, 0.25) is 0 Å². The normalized spacial score (nSPS) is 37.2. The zero-order valence-corrected chi connectivity index (χ0v) is 12.8. The second kappa shape index (κ2) is 4.50. The molecule has 3 aliphatic carbocycles. The van der Waals surface area contributed by atoms with Crippen molar-refractivity contribution in [1.82, 2.24) is 0 Å². The number of phenolic OH excluding ortho intramolecular Hbond substituents is 1. The summed E-state index contributed by atoms with van der Waals surface area (Å²) in [5, 5.41) is 9.72. The summed E-state index contributed by atoms with van der Waals surface area (Å²) in [6.45, 7) is 6.49. The zero-order valence-electron chi connectivity index (χ0n) is 12.8. The number of aromatic hydroxyl groups is 1. The minimum atomic E-state index is 0.358. The lowest BCUT2D eigenvalue weighted by Crippen LogP contribution is -2.40. The number of fused-ring (bicyclic) bond motifs is 5. The summed E-state index contributed by atoms with van der Waals surface area (Å²) >= 11 is 0. The highest BCUT2D eigenvalue weighted by atomic mass is 16.3. The predicted molar refractivity (Wildman–Crippen MR) is 86.4 cm³/mol. The fraction of sp³-hybridized carbons (Fsp3) is 0.500. The third-order valence-electron chi connectivity index (χ3n) is 6.57. The fourth-order valence-electron chi connectivity index (χ4n) is 5.49. The molecule has 0 bridgehead atoms. The number of hydrogen-bond acceptors (Lipinski definition) is 1. The molecule has 1 heteroatoms. The third kappa shape index (κ3) is 1.76. The highest BCUT2D eigenvalue weighted by Gasteiger charge is 2.50. The molecule has 0 heterocycles. The summed E-state index contributed by atoms with van der Waals surface area (Å²) in [4.78, 5) is 0. The molecule has 4 unspecified atom stereocenters. The molecule has 110 valence electrons. The van der Waals surface area contributed by atoms with Gasteiger partial charge in [-0.1, -0.05) is 31.7 Å². The van der Waals surface area contributed by atoms with Crippen LogP contribution in [0.5, 0.6) is 5.75 Å². The number of phenols is 1. The first-order valence-electron chi connectivity index (χ1n) is 8.28. The van der Waals surface area contributed by atoms with Gasteiger partial charge in [0.1, 0.15) is 5.75 Å². The average molecular weight is 280 g/mol. The van der Waals surface area contributed by atoms with E-state index in [1.165, 1.54) is 42.4 Å². The van der Waals surface area contributed by atoms with Crippen LogP contribution in [0.1, 0.15) is 49.7 Å². The van der Waals surface area contributed by atoms with Crippen LogP contribution in [0.4, 0.5) is 0 Å². The highest BCUT2D eigenvalue weighted by Crippen LogP contribution is 2.61. The number of benzene rings is 1. The first kappa shape index (κ1) is 13.2. The van der Waals surface area contributed by atoms with Crippen molar-refractivity contribution in [2.24, 2.45) is 17.3 Å². The van der Waals surface area contributed by atoms with E-state index in [-0.39, 0.29) is 0 Å². The Kier molecular flexibility index (Phi) is 2.82. The second-order valence-electron chi connectivity index (χ2n) is 7.35. The Bertz CT molecular complexity index is 627. The van der Waals surface area contributed by atoms with Gasteiger partial charge in [0.15, 0.2) is 0 Å². The van der Waals surface area contributed by atoms with Crippen LogP contribution < -0.4 is 0 Å². The molecule has 1 aromatic carbocycles. The summed E-state index contributed by atoms with van der Waals surface area (Å²) in [5.41, 5.74) is 4.74. The van der Waals surface area contributed by atoms with E-state index in [1.807, 2.05) is 12.1 Å². The first-order valence-corrected chi connectivity index (χ1v) is 8.28. The van der Waals surface area contributed by atoms with E-state index in [1.54, 1.807) is 0 Å². The zero-order chi connectivity index (χ0) is 14.6. The Morgan fingerprint density at radius 3 is 3.00 bits per heavy atom. The van der Waals surface area contributed by atoms with Gasteiger partial charge in [-0.2, -0.15) is 0 Å². The first-order chi connectivity index (χ1) is 10.1. The number of rotatable bonds is 1. The number of hydrogen-bond donors (Lipinski definition) is 1. The molecular formula is C20H24O. The number of allylic oxidation sites excluding steroid dienone is 3. The lowest BCUT2D eigenvalue weighted by Gasteiger charge is -2.50. The van der Waals surface area contributed by atoms with Crippen LogP contribution in [0.25, 0.3) is 0 Å². The largest absolute Gasteiger partial charge is 0.508 e. The molecule has 0 radical (unpaired) electrons. The van der Waals surface area contributed by atoms with Gasteiger partial charge in [-0.05, 0) is 84.1 Å². The molecule has 4 rings (SSSR count). The molecule has 0 amide bonds. The van der Waals surface area contributed by atoms with Crippen molar-refractivity contribution in [2.45, 2.75) is 44.9 Å². The molecule has 1 fully saturated rings. The van der Waals surface area contributed by atoms with Crippen LogP contribution in [-0.2, 0) is 6.42 Å². The van der Waals surface area contributed by atoms with Crippen molar-refractivity contribution in [2.75, 3.05) is 0 Å². The fourth-order valence-corrected chi connectivity index (χ4v) is 5.49. The minimum Gasteiger partial charge on any atom is -0.508 e. The Labute approximate surface area is 127 Å². The Morgan fingerprint density at radius 2 is 2.19 bits per heavy atom. The molecule has 21 heavy (non-hydrogen) atoms. The maximum Gasteiger partial charge on any atom is 0.115 e. The molecule has 0 spiro atoms. The van der Waals surface area contributed by atoms with Gasteiger partial charge in [-0.3, -0.25) is 0 Å². The Hall–Kier alpha value is -1.50. The van der Waals surface area contributed by atoms with Crippen molar-refractivity contribution < 1.29 is 5.11 Å². The third-order valence-corrected chi connectivity index (χ3v) is 6.57. The average Bonchev–Trinajstić information content (AvgIpc) is 2.83.